The Kier molecular flexibility index (Phi) is 3.70. The van der Waals surface area contributed by atoms with E-state index in [1.807, 2.05) is 0 Å². The second-order valence-corrected chi connectivity index (χ2v) is 4.55. The van der Waals surface area contributed by atoms with Crippen molar-refractivity contribution >= 4 is 0 Å². The predicted molar refractivity (Wildman–Crippen MR) is 65.0 cm³/mol. The van der Waals surface area contributed by atoms with Crippen LogP contribution in [0, 0.1) is 11.6 Å². The van der Waals surface area contributed by atoms with Gasteiger partial charge >= 0.3 is 0 Å². The Morgan fingerprint density at radius 2 is 2.20 bits per heavy atom. The van der Waals surface area contributed by atoms with E-state index in [4.69, 9.17) is 9.26 Å². The molecule has 0 amide bonds. The third-order valence-corrected chi connectivity index (χ3v) is 3.06. The van der Waals surface area contributed by atoms with E-state index in [1.54, 1.807) is 0 Å². The topological polar surface area (TPSA) is 60.2 Å². The Balaban J connectivity index is 1.71. The summed E-state index contributed by atoms with van der Waals surface area (Å²) in [5.41, 5.74) is 0.576. The van der Waals surface area contributed by atoms with Crippen LogP contribution in [0.4, 0.5) is 8.78 Å². The summed E-state index contributed by atoms with van der Waals surface area (Å²) in [6.07, 6.45) is 0.262. The van der Waals surface area contributed by atoms with Gasteiger partial charge in [-0.1, -0.05) is 11.2 Å². The number of benzene rings is 1. The van der Waals surface area contributed by atoms with Crippen LogP contribution in [-0.4, -0.2) is 29.9 Å². The van der Waals surface area contributed by atoms with Gasteiger partial charge in [0.25, 0.3) is 0 Å². The highest BCUT2D eigenvalue weighted by Gasteiger charge is 2.21. The molecule has 2 aromatic rings. The maximum absolute atomic E-state index is 13.1. The first-order chi connectivity index (χ1) is 9.72. The van der Waals surface area contributed by atoms with Crippen molar-refractivity contribution in [2.24, 2.45) is 0 Å². The fraction of sp³-hybridized carbons (Fsp3) is 0.385. The van der Waals surface area contributed by atoms with E-state index in [1.165, 1.54) is 6.07 Å². The van der Waals surface area contributed by atoms with Crippen molar-refractivity contribution in [3.63, 3.8) is 0 Å². The molecule has 1 saturated heterocycles. The zero-order valence-electron chi connectivity index (χ0n) is 10.6. The molecule has 1 N–H and O–H groups in total. The third-order valence-electron chi connectivity index (χ3n) is 3.06. The smallest absolute Gasteiger partial charge is 0.231 e. The lowest BCUT2D eigenvalue weighted by Crippen LogP contribution is -2.35. The minimum atomic E-state index is -0.885. The zero-order valence-corrected chi connectivity index (χ0v) is 10.6. The van der Waals surface area contributed by atoms with Crippen molar-refractivity contribution < 1.29 is 18.0 Å². The molecule has 1 aliphatic heterocycles. The second kappa shape index (κ2) is 5.64. The van der Waals surface area contributed by atoms with E-state index in [0.717, 1.165) is 18.7 Å². The van der Waals surface area contributed by atoms with E-state index in [0.29, 0.717) is 30.5 Å². The Labute approximate surface area is 113 Å². The molecule has 0 radical (unpaired) electrons. The molecule has 106 valence electrons. The maximum Gasteiger partial charge on any atom is 0.231 e. The van der Waals surface area contributed by atoms with Crippen molar-refractivity contribution in [2.75, 3.05) is 19.8 Å². The van der Waals surface area contributed by atoms with Crippen molar-refractivity contribution in [3.05, 3.63) is 47.1 Å². The molecule has 0 aliphatic carbocycles. The quantitative estimate of drug-likeness (QED) is 0.926. The van der Waals surface area contributed by atoms with Gasteiger partial charge in [-0.25, -0.2) is 8.78 Å². The van der Waals surface area contributed by atoms with E-state index in [-0.39, 0.29) is 12.5 Å². The van der Waals surface area contributed by atoms with Gasteiger partial charge in [0, 0.05) is 6.54 Å². The summed E-state index contributed by atoms with van der Waals surface area (Å²) in [6, 6.07) is 3.61. The van der Waals surface area contributed by atoms with Gasteiger partial charge in [0.1, 0.15) is 0 Å². The summed E-state index contributed by atoms with van der Waals surface area (Å²) in [4.78, 5) is 4.24. The van der Waals surface area contributed by atoms with Gasteiger partial charge in [0.05, 0.1) is 25.7 Å². The zero-order chi connectivity index (χ0) is 13.9. The second-order valence-electron chi connectivity index (χ2n) is 4.55. The lowest BCUT2D eigenvalue weighted by Gasteiger charge is -2.20. The molecule has 1 fully saturated rings. The van der Waals surface area contributed by atoms with E-state index < -0.39 is 11.6 Å². The third kappa shape index (κ3) is 2.83. The number of halogens is 2. The minimum Gasteiger partial charge on any atom is -0.378 e. The molecule has 0 saturated carbocycles. The lowest BCUT2D eigenvalue weighted by molar-refractivity contribution is 0.0734. The van der Waals surface area contributed by atoms with Crippen molar-refractivity contribution in [3.8, 4) is 0 Å². The Bertz CT molecular complexity index is 597. The monoisotopic (exact) mass is 281 g/mol. The van der Waals surface area contributed by atoms with Crippen LogP contribution in [0.25, 0.3) is 0 Å². The average Bonchev–Trinajstić information content (AvgIpc) is 2.92. The van der Waals surface area contributed by atoms with Crippen LogP contribution in [-0.2, 0) is 11.2 Å². The molecule has 3 rings (SSSR count). The average molecular weight is 281 g/mol. The Morgan fingerprint density at radius 3 is 2.95 bits per heavy atom. The number of hydrogen-bond donors (Lipinski definition) is 1. The summed E-state index contributed by atoms with van der Waals surface area (Å²) < 4.78 is 36.4. The van der Waals surface area contributed by atoms with E-state index in [2.05, 4.69) is 15.5 Å². The first-order valence-corrected chi connectivity index (χ1v) is 6.30. The normalized spacial score (nSPS) is 19.2. The number of morpholine rings is 1. The van der Waals surface area contributed by atoms with Crippen LogP contribution in [0.5, 0.6) is 0 Å². The summed E-state index contributed by atoms with van der Waals surface area (Å²) in [5, 5.41) is 7.09. The molecular weight excluding hydrogens is 268 g/mol. The SMILES string of the molecule is Fc1ccc(Cc2nc(C3COCCN3)no2)cc1F. The van der Waals surface area contributed by atoms with Gasteiger partial charge in [0.15, 0.2) is 17.5 Å². The molecule has 0 bridgehead atoms. The largest absolute Gasteiger partial charge is 0.378 e. The van der Waals surface area contributed by atoms with E-state index >= 15 is 0 Å². The molecule has 1 aliphatic rings. The van der Waals surface area contributed by atoms with Gasteiger partial charge < -0.3 is 14.6 Å². The molecule has 1 aromatic heterocycles. The Morgan fingerprint density at radius 1 is 1.30 bits per heavy atom. The van der Waals surface area contributed by atoms with Crippen LogP contribution < -0.4 is 5.32 Å². The first kappa shape index (κ1) is 13.1. The van der Waals surface area contributed by atoms with Gasteiger partial charge in [0.2, 0.25) is 5.89 Å². The molecule has 20 heavy (non-hydrogen) atoms. The molecule has 2 heterocycles. The summed E-state index contributed by atoms with van der Waals surface area (Å²) >= 11 is 0. The molecule has 1 atom stereocenters. The van der Waals surface area contributed by atoms with Crippen LogP contribution in [0.1, 0.15) is 23.3 Å². The Hall–Kier alpha value is -1.86. The number of nitrogens with zero attached hydrogens (tertiary/aromatic N) is 2. The number of hydrogen-bond acceptors (Lipinski definition) is 5. The molecule has 0 spiro atoms. The van der Waals surface area contributed by atoms with Gasteiger partial charge in [-0.3, -0.25) is 0 Å². The lowest BCUT2D eigenvalue weighted by atomic mass is 10.1. The highest BCUT2D eigenvalue weighted by atomic mass is 19.2. The summed E-state index contributed by atoms with van der Waals surface area (Å²) in [6.45, 7) is 1.89. The number of ether oxygens (including phenoxy) is 1. The number of nitrogens with one attached hydrogen (secondary N) is 1. The fourth-order valence-electron chi connectivity index (χ4n) is 2.04. The summed E-state index contributed by atoms with van der Waals surface area (Å²) in [5.74, 6) is -0.881. The fourth-order valence-corrected chi connectivity index (χ4v) is 2.04. The van der Waals surface area contributed by atoms with Crippen LogP contribution in [0.15, 0.2) is 22.7 Å². The highest BCUT2D eigenvalue weighted by Crippen LogP contribution is 2.16. The van der Waals surface area contributed by atoms with Crippen molar-refractivity contribution in [2.45, 2.75) is 12.5 Å². The van der Waals surface area contributed by atoms with Crippen LogP contribution in [0.3, 0.4) is 0 Å². The van der Waals surface area contributed by atoms with Gasteiger partial charge in [-0.15, -0.1) is 0 Å². The van der Waals surface area contributed by atoms with Gasteiger partial charge in [-0.05, 0) is 17.7 Å². The maximum atomic E-state index is 13.1. The molecule has 1 unspecified atom stereocenters. The number of rotatable bonds is 3. The molecule has 1 aromatic carbocycles. The van der Waals surface area contributed by atoms with E-state index in [9.17, 15) is 8.78 Å². The first-order valence-electron chi connectivity index (χ1n) is 6.30. The predicted octanol–water partition coefficient (Wildman–Crippen LogP) is 1.60. The molecule has 7 heteroatoms. The van der Waals surface area contributed by atoms with Crippen molar-refractivity contribution in [1.29, 1.82) is 0 Å². The van der Waals surface area contributed by atoms with Gasteiger partial charge in [-0.2, -0.15) is 4.98 Å². The minimum absolute atomic E-state index is 0.0915. The summed E-state index contributed by atoms with van der Waals surface area (Å²) in [7, 11) is 0. The molecular formula is C13H13F2N3O2. The molecule has 5 nitrogen and oxygen atoms in total. The van der Waals surface area contributed by atoms with Crippen LogP contribution in [0.2, 0.25) is 0 Å². The highest BCUT2D eigenvalue weighted by molar-refractivity contribution is 5.20. The van der Waals surface area contributed by atoms with Crippen LogP contribution >= 0.6 is 0 Å². The number of aromatic nitrogens is 2. The standard InChI is InChI=1S/C13H13F2N3O2/c14-9-2-1-8(5-10(9)15)6-12-17-13(18-20-12)11-7-19-4-3-16-11/h1-2,5,11,16H,3-4,6-7H2. The van der Waals surface area contributed by atoms with Crippen molar-refractivity contribution in [1.82, 2.24) is 15.5 Å².